The van der Waals surface area contributed by atoms with Crippen LogP contribution in [0.2, 0.25) is 0 Å². The molecular formula is C20H34N2O3. The highest BCUT2D eigenvalue weighted by molar-refractivity contribution is 5.80. The number of ether oxygens (including phenoxy) is 1. The van der Waals surface area contributed by atoms with E-state index < -0.39 is 0 Å². The lowest BCUT2D eigenvalue weighted by molar-refractivity contribution is -0.147. The van der Waals surface area contributed by atoms with E-state index in [9.17, 15) is 9.59 Å². The Hall–Kier alpha value is -1.10. The number of amides is 2. The second-order valence-electron chi connectivity index (χ2n) is 8.59. The first-order valence-corrected chi connectivity index (χ1v) is 10.1. The summed E-state index contributed by atoms with van der Waals surface area (Å²) in [5, 5.41) is 0. The van der Waals surface area contributed by atoms with Crippen LogP contribution in [0, 0.1) is 17.8 Å². The molecule has 2 aliphatic heterocycles. The maximum absolute atomic E-state index is 13.0. The van der Waals surface area contributed by atoms with Crippen LogP contribution in [-0.2, 0) is 14.3 Å². The molecule has 0 bridgehead atoms. The van der Waals surface area contributed by atoms with E-state index in [0.717, 1.165) is 58.2 Å². The predicted molar refractivity (Wildman–Crippen MR) is 97.0 cm³/mol. The van der Waals surface area contributed by atoms with Crippen LogP contribution in [0.1, 0.15) is 58.8 Å². The van der Waals surface area contributed by atoms with Crippen molar-refractivity contribution < 1.29 is 14.3 Å². The standard InChI is InChI=1S/C20H34N2O3/c1-14(2)12-22-18-10-11-21(13-16(18)6-9-19(22)23)20(24)15-4-7-17(25-3)8-5-15/h14-18H,4-13H2,1-3H3/t15?,16-,17?,18+/m0/s1. The third-order valence-electron chi connectivity index (χ3n) is 6.37. The number of carbonyl (C=O) groups is 2. The van der Waals surface area contributed by atoms with E-state index in [0.29, 0.717) is 42.2 Å². The number of methoxy groups -OCH3 is 1. The van der Waals surface area contributed by atoms with Crippen LogP contribution in [0.3, 0.4) is 0 Å². The lowest BCUT2D eigenvalue weighted by Crippen LogP contribution is -2.58. The molecule has 2 amide bonds. The van der Waals surface area contributed by atoms with Gasteiger partial charge in [0.25, 0.3) is 0 Å². The van der Waals surface area contributed by atoms with Crippen molar-refractivity contribution in [3.05, 3.63) is 0 Å². The van der Waals surface area contributed by atoms with Gasteiger partial charge >= 0.3 is 0 Å². The molecule has 5 nitrogen and oxygen atoms in total. The summed E-state index contributed by atoms with van der Waals surface area (Å²) in [6.45, 7) is 6.86. The van der Waals surface area contributed by atoms with Crippen molar-refractivity contribution in [3.63, 3.8) is 0 Å². The fraction of sp³-hybridized carbons (Fsp3) is 0.900. The van der Waals surface area contributed by atoms with E-state index in [2.05, 4.69) is 23.6 Å². The Kier molecular flexibility index (Phi) is 6.03. The minimum Gasteiger partial charge on any atom is -0.381 e. The summed E-state index contributed by atoms with van der Waals surface area (Å²) in [4.78, 5) is 29.5. The van der Waals surface area contributed by atoms with Gasteiger partial charge in [0.05, 0.1) is 6.10 Å². The second kappa shape index (κ2) is 8.07. The van der Waals surface area contributed by atoms with E-state index in [4.69, 9.17) is 4.74 Å². The minimum absolute atomic E-state index is 0.180. The molecule has 1 saturated carbocycles. The quantitative estimate of drug-likeness (QED) is 0.783. The van der Waals surface area contributed by atoms with Crippen LogP contribution in [0.5, 0.6) is 0 Å². The van der Waals surface area contributed by atoms with E-state index in [1.807, 2.05) is 0 Å². The van der Waals surface area contributed by atoms with Gasteiger partial charge < -0.3 is 14.5 Å². The van der Waals surface area contributed by atoms with Crippen molar-refractivity contribution >= 4 is 11.8 Å². The number of hydrogen-bond donors (Lipinski definition) is 0. The van der Waals surface area contributed by atoms with Gasteiger partial charge in [-0.3, -0.25) is 9.59 Å². The van der Waals surface area contributed by atoms with E-state index in [-0.39, 0.29) is 5.92 Å². The fourth-order valence-electron chi connectivity index (χ4n) is 4.99. The Bertz CT molecular complexity index is 485. The molecule has 1 aliphatic carbocycles. The largest absolute Gasteiger partial charge is 0.381 e. The number of fused-ring (bicyclic) bond motifs is 1. The Morgan fingerprint density at radius 2 is 1.88 bits per heavy atom. The summed E-state index contributed by atoms with van der Waals surface area (Å²) in [5.41, 5.74) is 0. The molecule has 5 heteroatoms. The molecule has 0 radical (unpaired) electrons. The summed E-state index contributed by atoms with van der Waals surface area (Å²) >= 11 is 0. The average molecular weight is 351 g/mol. The monoisotopic (exact) mass is 350 g/mol. The normalized spacial score (nSPS) is 33.5. The van der Waals surface area contributed by atoms with E-state index in [1.54, 1.807) is 7.11 Å². The molecule has 2 saturated heterocycles. The molecule has 0 unspecified atom stereocenters. The summed E-state index contributed by atoms with van der Waals surface area (Å²) in [6, 6.07) is 0.344. The molecule has 3 rings (SSSR count). The molecule has 0 spiro atoms. The molecule has 142 valence electrons. The van der Waals surface area contributed by atoms with Crippen molar-refractivity contribution in [1.82, 2.24) is 9.80 Å². The van der Waals surface area contributed by atoms with Gasteiger partial charge in [-0.2, -0.15) is 0 Å². The number of rotatable bonds is 4. The highest BCUT2D eigenvalue weighted by Gasteiger charge is 2.41. The number of nitrogens with zero attached hydrogens (tertiary/aromatic N) is 2. The maximum atomic E-state index is 13.0. The van der Waals surface area contributed by atoms with Gasteiger partial charge in [0.15, 0.2) is 0 Å². The summed E-state index contributed by atoms with van der Waals surface area (Å²) < 4.78 is 5.43. The zero-order chi connectivity index (χ0) is 18.0. The third kappa shape index (κ3) is 4.18. The zero-order valence-electron chi connectivity index (χ0n) is 16.1. The van der Waals surface area contributed by atoms with Crippen LogP contribution in [-0.4, -0.2) is 60.5 Å². The first kappa shape index (κ1) is 18.7. The lowest BCUT2D eigenvalue weighted by atomic mass is 9.81. The van der Waals surface area contributed by atoms with Crippen LogP contribution >= 0.6 is 0 Å². The first-order valence-electron chi connectivity index (χ1n) is 10.1. The van der Waals surface area contributed by atoms with Gasteiger partial charge in [0.2, 0.25) is 11.8 Å². The third-order valence-corrected chi connectivity index (χ3v) is 6.37. The fourth-order valence-corrected chi connectivity index (χ4v) is 4.99. The number of piperidine rings is 2. The lowest BCUT2D eigenvalue weighted by Gasteiger charge is -2.48. The van der Waals surface area contributed by atoms with E-state index >= 15 is 0 Å². The van der Waals surface area contributed by atoms with Crippen LogP contribution in [0.4, 0.5) is 0 Å². The van der Waals surface area contributed by atoms with Crippen molar-refractivity contribution in [2.75, 3.05) is 26.7 Å². The highest BCUT2D eigenvalue weighted by atomic mass is 16.5. The van der Waals surface area contributed by atoms with E-state index in [1.165, 1.54) is 0 Å². The number of carbonyl (C=O) groups excluding carboxylic acids is 2. The van der Waals surface area contributed by atoms with Crippen LogP contribution in [0.15, 0.2) is 0 Å². The maximum Gasteiger partial charge on any atom is 0.225 e. The zero-order valence-corrected chi connectivity index (χ0v) is 16.1. The van der Waals surface area contributed by atoms with Gasteiger partial charge in [-0.05, 0) is 50.4 Å². The number of hydrogen-bond acceptors (Lipinski definition) is 3. The molecule has 0 aromatic carbocycles. The second-order valence-corrected chi connectivity index (χ2v) is 8.59. The molecule has 0 aromatic rings. The Balaban J connectivity index is 1.58. The van der Waals surface area contributed by atoms with Crippen LogP contribution < -0.4 is 0 Å². The van der Waals surface area contributed by atoms with Crippen molar-refractivity contribution in [2.24, 2.45) is 17.8 Å². The van der Waals surface area contributed by atoms with Gasteiger partial charge in [0, 0.05) is 45.1 Å². The SMILES string of the molecule is COC1CCC(C(=O)N2CC[C@@H]3[C@@H](CCC(=O)N3CC(C)C)C2)CC1. The summed E-state index contributed by atoms with van der Waals surface area (Å²) in [7, 11) is 1.77. The van der Waals surface area contributed by atoms with Gasteiger partial charge in [0.1, 0.15) is 0 Å². The van der Waals surface area contributed by atoms with Crippen molar-refractivity contribution in [2.45, 2.75) is 70.9 Å². The Labute approximate surface area is 152 Å². The number of likely N-dealkylation sites (tertiary alicyclic amines) is 2. The molecule has 0 N–H and O–H groups in total. The molecular weight excluding hydrogens is 316 g/mol. The smallest absolute Gasteiger partial charge is 0.225 e. The average Bonchev–Trinajstić information content (AvgIpc) is 2.63. The van der Waals surface area contributed by atoms with Gasteiger partial charge in [-0.25, -0.2) is 0 Å². The molecule has 25 heavy (non-hydrogen) atoms. The first-order chi connectivity index (χ1) is 12.0. The topological polar surface area (TPSA) is 49.9 Å². The van der Waals surface area contributed by atoms with Gasteiger partial charge in [-0.1, -0.05) is 13.8 Å². The van der Waals surface area contributed by atoms with Crippen molar-refractivity contribution in [1.29, 1.82) is 0 Å². The summed E-state index contributed by atoms with van der Waals surface area (Å²) in [6.07, 6.45) is 6.80. The van der Waals surface area contributed by atoms with Crippen molar-refractivity contribution in [3.8, 4) is 0 Å². The Morgan fingerprint density at radius 3 is 2.52 bits per heavy atom. The molecule has 2 heterocycles. The van der Waals surface area contributed by atoms with Crippen LogP contribution in [0.25, 0.3) is 0 Å². The molecule has 3 aliphatic rings. The molecule has 0 aromatic heterocycles. The molecule has 2 atom stereocenters. The summed E-state index contributed by atoms with van der Waals surface area (Å²) in [5.74, 6) is 1.80. The molecule has 3 fully saturated rings. The minimum atomic E-state index is 0.180. The van der Waals surface area contributed by atoms with Gasteiger partial charge in [-0.15, -0.1) is 0 Å². The highest BCUT2D eigenvalue weighted by Crippen LogP contribution is 2.34. The Morgan fingerprint density at radius 1 is 1.16 bits per heavy atom. The predicted octanol–water partition coefficient (Wildman–Crippen LogP) is 2.69.